The molecule has 6 nitrogen and oxygen atoms in total. The zero-order chi connectivity index (χ0) is 15.8. The number of hydrogen-bond acceptors (Lipinski definition) is 4. The van der Waals surface area contributed by atoms with Crippen molar-refractivity contribution in [3.8, 4) is 11.4 Å². The number of nitrogens with zero attached hydrogens (tertiary/aromatic N) is 2. The molecule has 2 unspecified atom stereocenters. The van der Waals surface area contributed by atoms with Gasteiger partial charge in [-0.25, -0.2) is 4.98 Å². The molecule has 120 valence electrons. The number of benzene rings is 1. The molecule has 6 heteroatoms. The fraction of sp³-hybridized carbons (Fsp3) is 0.471. The lowest BCUT2D eigenvalue weighted by molar-refractivity contribution is -0.117. The molecular weight excluding hydrogens is 290 g/mol. The molecule has 0 spiro atoms. The molecule has 4 rings (SSSR count). The third-order valence-corrected chi connectivity index (χ3v) is 5.09. The Balaban J connectivity index is 1.41. The zero-order valence-corrected chi connectivity index (χ0v) is 13.0. The van der Waals surface area contributed by atoms with Gasteiger partial charge in [0.15, 0.2) is 5.82 Å². The maximum absolute atomic E-state index is 12.4. The maximum Gasteiger partial charge on any atom is 0.228 e. The van der Waals surface area contributed by atoms with Gasteiger partial charge in [0.05, 0.1) is 6.54 Å². The van der Waals surface area contributed by atoms with Gasteiger partial charge in [-0.05, 0) is 48.9 Å². The minimum Gasteiger partial charge on any atom is -0.326 e. The topological polar surface area (TPSA) is 96.7 Å². The molecule has 0 bridgehead atoms. The first-order valence-corrected chi connectivity index (χ1v) is 8.29. The molecule has 1 aromatic heterocycles. The van der Waals surface area contributed by atoms with Crippen molar-refractivity contribution in [1.29, 1.82) is 0 Å². The summed E-state index contributed by atoms with van der Waals surface area (Å²) in [6.07, 6.45) is 4.99. The Morgan fingerprint density at radius 3 is 2.52 bits per heavy atom. The molecule has 1 aromatic carbocycles. The van der Waals surface area contributed by atoms with Crippen molar-refractivity contribution in [1.82, 2.24) is 15.2 Å². The number of rotatable bonds is 4. The van der Waals surface area contributed by atoms with Gasteiger partial charge >= 0.3 is 0 Å². The van der Waals surface area contributed by atoms with Crippen LogP contribution in [0.5, 0.6) is 0 Å². The third-order valence-electron chi connectivity index (χ3n) is 5.09. The molecule has 1 amide bonds. The van der Waals surface area contributed by atoms with Crippen LogP contribution >= 0.6 is 0 Å². The minimum atomic E-state index is 0.179. The Hall–Kier alpha value is -2.21. The number of nitrogens with two attached hydrogens (primary N) is 1. The predicted octanol–water partition coefficient (Wildman–Crippen LogP) is 2.31. The smallest absolute Gasteiger partial charge is 0.228 e. The van der Waals surface area contributed by atoms with Crippen LogP contribution in [0.2, 0.25) is 0 Å². The van der Waals surface area contributed by atoms with Gasteiger partial charge in [0, 0.05) is 17.2 Å². The second-order valence-electron chi connectivity index (χ2n) is 6.51. The van der Waals surface area contributed by atoms with Crippen molar-refractivity contribution >= 4 is 11.6 Å². The summed E-state index contributed by atoms with van der Waals surface area (Å²) in [6, 6.07) is 7.63. The van der Waals surface area contributed by atoms with Crippen molar-refractivity contribution in [3.05, 3.63) is 30.1 Å². The minimum absolute atomic E-state index is 0.179. The van der Waals surface area contributed by atoms with Gasteiger partial charge in [0.2, 0.25) is 5.91 Å². The van der Waals surface area contributed by atoms with Crippen LogP contribution in [0.1, 0.15) is 31.5 Å². The van der Waals surface area contributed by atoms with Crippen molar-refractivity contribution in [2.75, 3.05) is 5.32 Å². The molecule has 0 aliphatic heterocycles. The number of nitrogens with one attached hydrogen (secondary N) is 2. The van der Waals surface area contributed by atoms with Crippen LogP contribution in [-0.2, 0) is 11.3 Å². The Morgan fingerprint density at radius 2 is 1.91 bits per heavy atom. The lowest BCUT2D eigenvalue weighted by Gasteiger charge is -2.05. The molecule has 0 saturated heterocycles. The summed E-state index contributed by atoms with van der Waals surface area (Å²) in [5.41, 5.74) is 7.26. The number of amides is 1. The number of fused-ring (bicyclic) bond motifs is 1. The summed E-state index contributed by atoms with van der Waals surface area (Å²) in [7, 11) is 0. The van der Waals surface area contributed by atoms with Crippen LogP contribution in [0.4, 0.5) is 5.69 Å². The van der Waals surface area contributed by atoms with E-state index in [2.05, 4.69) is 20.5 Å². The zero-order valence-electron chi connectivity index (χ0n) is 13.0. The number of carbonyl (C=O) groups excluding carboxylic acids is 1. The molecule has 2 aromatic rings. The van der Waals surface area contributed by atoms with Crippen molar-refractivity contribution in [2.24, 2.45) is 23.5 Å². The van der Waals surface area contributed by atoms with Gasteiger partial charge in [-0.3, -0.25) is 9.89 Å². The Labute approximate surface area is 134 Å². The van der Waals surface area contributed by atoms with Gasteiger partial charge in [0.25, 0.3) is 0 Å². The van der Waals surface area contributed by atoms with Crippen LogP contribution in [0.15, 0.2) is 24.3 Å². The number of carbonyl (C=O) groups is 1. The van der Waals surface area contributed by atoms with E-state index in [1.165, 1.54) is 25.7 Å². The summed E-state index contributed by atoms with van der Waals surface area (Å²) >= 11 is 0. The largest absolute Gasteiger partial charge is 0.326 e. The highest BCUT2D eigenvalue weighted by Gasteiger charge is 2.54. The van der Waals surface area contributed by atoms with E-state index in [9.17, 15) is 4.79 Å². The first-order chi connectivity index (χ1) is 11.3. The normalized spacial score (nSPS) is 25.7. The summed E-state index contributed by atoms with van der Waals surface area (Å²) < 4.78 is 0. The van der Waals surface area contributed by atoms with Crippen molar-refractivity contribution < 1.29 is 4.79 Å². The number of aromatic amines is 1. The lowest BCUT2D eigenvalue weighted by atomic mass is 10.0. The summed E-state index contributed by atoms with van der Waals surface area (Å²) in [5, 5.41) is 9.98. The Bertz CT molecular complexity index is 696. The number of anilines is 1. The molecular formula is C17H21N5O. The monoisotopic (exact) mass is 311 g/mol. The van der Waals surface area contributed by atoms with E-state index in [4.69, 9.17) is 5.73 Å². The average Bonchev–Trinajstić information content (AvgIpc) is 3.12. The summed E-state index contributed by atoms with van der Waals surface area (Å²) in [4.78, 5) is 16.7. The highest BCUT2D eigenvalue weighted by atomic mass is 16.2. The predicted molar refractivity (Wildman–Crippen MR) is 87.3 cm³/mol. The first-order valence-electron chi connectivity index (χ1n) is 8.29. The second-order valence-corrected chi connectivity index (χ2v) is 6.51. The summed E-state index contributed by atoms with van der Waals surface area (Å²) in [5.74, 6) is 2.96. The molecule has 4 N–H and O–H groups in total. The molecule has 2 aliphatic rings. The van der Waals surface area contributed by atoms with Crippen LogP contribution in [0.25, 0.3) is 11.4 Å². The highest BCUT2D eigenvalue weighted by molar-refractivity contribution is 5.95. The molecule has 2 aliphatic carbocycles. The van der Waals surface area contributed by atoms with E-state index in [0.29, 0.717) is 30.0 Å². The first kappa shape index (κ1) is 14.4. The highest BCUT2D eigenvalue weighted by Crippen LogP contribution is 2.55. The SMILES string of the molecule is NCc1nc(-c2ccc(NC(=O)C3C4CCCCC43)cc2)n[nH]1. The van der Waals surface area contributed by atoms with Gasteiger partial charge in [-0.2, -0.15) is 5.10 Å². The molecule has 0 radical (unpaired) electrons. The molecule has 2 atom stereocenters. The maximum atomic E-state index is 12.4. The standard InChI is InChI=1S/C17H21N5O/c18-9-14-20-16(22-21-14)10-5-7-11(8-6-10)19-17(23)15-12-3-1-2-4-13(12)15/h5-8,12-13,15H,1-4,9,18H2,(H,19,23)(H,20,21,22). The van der Waals surface area contributed by atoms with E-state index in [1.807, 2.05) is 24.3 Å². The van der Waals surface area contributed by atoms with Crippen LogP contribution in [0.3, 0.4) is 0 Å². The number of aromatic nitrogens is 3. The lowest BCUT2D eigenvalue weighted by Crippen LogP contribution is -2.15. The second kappa shape index (κ2) is 5.77. The fourth-order valence-corrected chi connectivity index (χ4v) is 3.83. The van der Waals surface area contributed by atoms with Gasteiger partial charge < -0.3 is 11.1 Å². The van der Waals surface area contributed by atoms with E-state index < -0.39 is 0 Å². The molecule has 2 fully saturated rings. The van der Waals surface area contributed by atoms with Crippen LogP contribution in [-0.4, -0.2) is 21.1 Å². The van der Waals surface area contributed by atoms with Crippen LogP contribution < -0.4 is 11.1 Å². The third kappa shape index (κ3) is 2.74. The van der Waals surface area contributed by atoms with Crippen molar-refractivity contribution in [2.45, 2.75) is 32.2 Å². The van der Waals surface area contributed by atoms with E-state index in [0.717, 1.165) is 11.3 Å². The van der Waals surface area contributed by atoms with Gasteiger partial charge in [-0.15, -0.1) is 0 Å². The van der Waals surface area contributed by atoms with Gasteiger partial charge in [-0.1, -0.05) is 12.8 Å². The Morgan fingerprint density at radius 1 is 1.22 bits per heavy atom. The Kier molecular flexibility index (Phi) is 3.61. The molecule has 23 heavy (non-hydrogen) atoms. The van der Waals surface area contributed by atoms with Gasteiger partial charge in [0.1, 0.15) is 5.82 Å². The molecule has 2 saturated carbocycles. The number of hydrogen-bond donors (Lipinski definition) is 3. The van der Waals surface area contributed by atoms with E-state index in [-0.39, 0.29) is 11.8 Å². The van der Waals surface area contributed by atoms with Crippen molar-refractivity contribution in [3.63, 3.8) is 0 Å². The van der Waals surface area contributed by atoms with E-state index in [1.54, 1.807) is 0 Å². The average molecular weight is 311 g/mol. The summed E-state index contributed by atoms with van der Waals surface area (Å²) in [6.45, 7) is 0.338. The quantitative estimate of drug-likeness (QED) is 0.807. The van der Waals surface area contributed by atoms with Crippen LogP contribution in [0, 0.1) is 17.8 Å². The number of H-pyrrole nitrogens is 1. The fourth-order valence-electron chi connectivity index (χ4n) is 3.83. The molecule has 1 heterocycles. The van der Waals surface area contributed by atoms with E-state index >= 15 is 0 Å².